The zero-order chi connectivity index (χ0) is 14.4. The summed E-state index contributed by atoms with van der Waals surface area (Å²) >= 11 is 0. The summed E-state index contributed by atoms with van der Waals surface area (Å²) in [7, 11) is 0. The quantitative estimate of drug-likeness (QED) is 0.242. The highest BCUT2D eigenvalue weighted by atomic mass is 16.5. The first kappa shape index (κ1) is 13.8. The molecule has 3 rings (SSSR count). The van der Waals surface area contributed by atoms with Gasteiger partial charge in [0.15, 0.2) is 5.60 Å². The Kier molecular flexibility index (Phi) is 3.23. The number of hydrogen-bond donors (Lipinski definition) is 3. The van der Waals surface area contributed by atoms with Gasteiger partial charge < -0.3 is 20.3 Å². The Labute approximate surface area is 117 Å². The number of nitrogens with zero attached hydrogens (tertiary/aromatic N) is 2. The maximum absolute atomic E-state index is 12.7. The highest BCUT2D eigenvalue weighted by molar-refractivity contribution is 6.15. The molecule has 2 aliphatic heterocycles. The first-order valence-electron chi connectivity index (χ1n) is 7.23. The van der Waals surface area contributed by atoms with Crippen LogP contribution < -0.4 is 4.90 Å². The minimum absolute atomic E-state index is 0.285. The van der Waals surface area contributed by atoms with Crippen LogP contribution in [-0.2, 0) is 4.74 Å². The maximum Gasteiger partial charge on any atom is 0.298 e. The number of quaternary nitrogens is 1. The van der Waals surface area contributed by atoms with Gasteiger partial charge in [-0.15, -0.1) is 0 Å². The molecule has 0 spiro atoms. The molecule has 1 saturated heterocycles. The van der Waals surface area contributed by atoms with Gasteiger partial charge in [-0.2, -0.15) is 4.74 Å². The van der Waals surface area contributed by atoms with Crippen molar-refractivity contribution in [2.24, 2.45) is 5.16 Å². The first-order valence-corrected chi connectivity index (χ1v) is 7.23. The van der Waals surface area contributed by atoms with Gasteiger partial charge in [0.05, 0.1) is 25.8 Å². The zero-order valence-electron chi connectivity index (χ0n) is 11.8. The van der Waals surface area contributed by atoms with Crippen LogP contribution in [0.15, 0.2) is 5.16 Å². The SMILES string of the molecule is C[C@]1([NH+]2CCOCC2)C[C@@]2(O)C(=[N+]1[O-])CCC/C2=N/O. The molecule has 0 bridgehead atoms. The fourth-order valence-electron chi connectivity index (χ4n) is 3.90. The Hall–Kier alpha value is -1.18. The maximum atomic E-state index is 12.7. The number of rotatable bonds is 1. The van der Waals surface area contributed by atoms with Crippen molar-refractivity contribution in [3.8, 4) is 0 Å². The van der Waals surface area contributed by atoms with Crippen molar-refractivity contribution in [1.82, 2.24) is 0 Å². The molecule has 0 amide bonds. The molecule has 2 atom stereocenters. The Balaban J connectivity index is 1.98. The van der Waals surface area contributed by atoms with E-state index in [1.165, 1.54) is 0 Å². The van der Waals surface area contributed by atoms with Crippen LogP contribution in [0.5, 0.6) is 0 Å². The fraction of sp³-hybridized carbons (Fsp3) is 0.846. The topological polar surface area (TPSA) is 92.6 Å². The highest BCUT2D eigenvalue weighted by Crippen LogP contribution is 2.36. The predicted octanol–water partition coefficient (Wildman–Crippen LogP) is -1.28. The van der Waals surface area contributed by atoms with Crippen molar-refractivity contribution in [3.63, 3.8) is 0 Å². The minimum atomic E-state index is -1.37. The lowest BCUT2D eigenvalue weighted by molar-refractivity contribution is -1.04. The van der Waals surface area contributed by atoms with E-state index in [1.807, 2.05) is 6.92 Å². The number of morpholine rings is 1. The molecule has 3 N–H and O–H groups in total. The summed E-state index contributed by atoms with van der Waals surface area (Å²) in [6.45, 7) is 4.66. The molecule has 0 aromatic heterocycles. The van der Waals surface area contributed by atoms with Crippen LogP contribution in [0.25, 0.3) is 0 Å². The van der Waals surface area contributed by atoms with Crippen LogP contribution in [0.4, 0.5) is 0 Å². The van der Waals surface area contributed by atoms with Gasteiger partial charge in [0.1, 0.15) is 19.5 Å². The average molecular weight is 284 g/mol. The minimum Gasteiger partial charge on any atom is -0.619 e. The molecule has 7 heteroatoms. The molecule has 0 radical (unpaired) electrons. The number of hydrogen-bond acceptors (Lipinski definition) is 5. The van der Waals surface area contributed by atoms with E-state index >= 15 is 0 Å². The van der Waals surface area contributed by atoms with E-state index in [9.17, 15) is 10.3 Å². The number of fused-ring (bicyclic) bond motifs is 1. The van der Waals surface area contributed by atoms with Gasteiger partial charge in [0, 0.05) is 6.42 Å². The van der Waals surface area contributed by atoms with Crippen LogP contribution in [0.1, 0.15) is 32.6 Å². The average Bonchev–Trinajstić information content (AvgIpc) is 2.68. The van der Waals surface area contributed by atoms with Gasteiger partial charge in [0.2, 0.25) is 5.71 Å². The number of oxime groups is 1. The summed E-state index contributed by atoms with van der Waals surface area (Å²) in [6, 6.07) is 0. The summed E-state index contributed by atoms with van der Waals surface area (Å²) in [4.78, 5) is 1.13. The molecular weight excluding hydrogens is 262 g/mol. The van der Waals surface area contributed by atoms with Crippen molar-refractivity contribution < 1.29 is 24.7 Å². The van der Waals surface area contributed by atoms with E-state index in [0.717, 1.165) is 29.1 Å². The lowest BCUT2D eigenvalue weighted by Gasteiger charge is -2.35. The van der Waals surface area contributed by atoms with E-state index in [2.05, 4.69) is 5.16 Å². The lowest BCUT2D eigenvalue weighted by Crippen LogP contribution is -3.22. The number of ether oxygens (including phenoxy) is 1. The molecule has 2 heterocycles. The van der Waals surface area contributed by atoms with Crippen molar-refractivity contribution in [1.29, 1.82) is 0 Å². The van der Waals surface area contributed by atoms with Crippen molar-refractivity contribution in [2.45, 2.75) is 43.9 Å². The molecule has 20 heavy (non-hydrogen) atoms. The number of hydroxylamine groups is 1. The van der Waals surface area contributed by atoms with Crippen LogP contribution in [0.2, 0.25) is 0 Å². The molecule has 0 aromatic rings. The van der Waals surface area contributed by atoms with Crippen molar-refractivity contribution in [3.05, 3.63) is 5.21 Å². The highest BCUT2D eigenvalue weighted by Gasteiger charge is 2.64. The van der Waals surface area contributed by atoms with Gasteiger partial charge in [-0.3, -0.25) is 4.90 Å². The predicted molar refractivity (Wildman–Crippen MR) is 71.2 cm³/mol. The monoisotopic (exact) mass is 284 g/mol. The molecule has 1 aliphatic carbocycles. The number of aliphatic hydroxyl groups is 1. The summed E-state index contributed by atoms with van der Waals surface area (Å²) in [5, 5.41) is 36.0. The van der Waals surface area contributed by atoms with Gasteiger partial charge >= 0.3 is 0 Å². The van der Waals surface area contributed by atoms with Crippen LogP contribution in [0, 0.1) is 5.21 Å². The number of nitrogens with one attached hydrogen (secondary N) is 1. The second kappa shape index (κ2) is 4.68. The summed E-state index contributed by atoms with van der Waals surface area (Å²) in [6.07, 6.45) is 2.13. The van der Waals surface area contributed by atoms with Crippen molar-refractivity contribution >= 4 is 11.4 Å². The first-order chi connectivity index (χ1) is 9.52. The summed E-state index contributed by atoms with van der Waals surface area (Å²) < 4.78 is 6.34. The van der Waals surface area contributed by atoms with E-state index in [4.69, 9.17) is 9.94 Å². The van der Waals surface area contributed by atoms with Crippen LogP contribution in [0.3, 0.4) is 0 Å². The summed E-state index contributed by atoms with van der Waals surface area (Å²) in [5.74, 6) is 0. The summed E-state index contributed by atoms with van der Waals surface area (Å²) in [5.41, 5.74) is -1.29. The molecule has 7 nitrogen and oxygen atoms in total. The zero-order valence-corrected chi connectivity index (χ0v) is 11.8. The second-order valence-corrected chi connectivity index (χ2v) is 6.17. The fourth-order valence-corrected chi connectivity index (χ4v) is 3.90. The Morgan fingerprint density at radius 3 is 2.70 bits per heavy atom. The normalized spacial score (nSPS) is 41.2. The van der Waals surface area contributed by atoms with Gasteiger partial charge in [-0.1, -0.05) is 5.16 Å². The molecule has 2 fully saturated rings. The molecule has 0 aromatic carbocycles. The third-order valence-corrected chi connectivity index (χ3v) is 5.05. The molecule has 112 valence electrons. The van der Waals surface area contributed by atoms with E-state index in [0.29, 0.717) is 37.5 Å². The molecular formula is C13H22N3O4+. The smallest absolute Gasteiger partial charge is 0.298 e. The standard InChI is InChI=1S/C13H21N3O4/c1-12(15-5-7-20-8-6-15)9-13(17)10(14-18)3-2-4-11(13)16(12)19/h17-18H,2-9H2,1H3/p+1/b14-10-/t12-,13+/m1/s1. The van der Waals surface area contributed by atoms with Crippen LogP contribution >= 0.6 is 0 Å². The lowest BCUT2D eigenvalue weighted by atomic mass is 9.78. The van der Waals surface area contributed by atoms with Crippen molar-refractivity contribution in [2.75, 3.05) is 26.3 Å². The van der Waals surface area contributed by atoms with Gasteiger partial charge in [-0.05, 0) is 12.8 Å². The molecule has 0 unspecified atom stereocenters. The van der Waals surface area contributed by atoms with Gasteiger partial charge in [0.25, 0.3) is 5.66 Å². The van der Waals surface area contributed by atoms with Gasteiger partial charge in [-0.25, -0.2) is 0 Å². The Morgan fingerprint density at radius 1 is 1.35 bits per heavy atom. The van der Waals surface area contributed by atoms with E-state index in [-0.39, 0.29) is 6.42 Å². The van der Waals surface area contributed by atoms with Crippen LogP contribution in [-0.4, -0.2) is 64.0 Å². The Morgan fingerprint density at radius 2 is 2.05 bits per heavy atom. The van der Waals surface area contributed by atoms with E-state index in [1.54, 1.807) is 0 Å². The third-order valence-electron chi connectivity index (χ3n) is 5.05. The third kappa shape index (κ3) is 1.77. The second-order valence-electron chi connectivity index (χ2n) is 6.17. The molecule has 1 saturated carbocycles. The van der Waals surface area contributed by atoms with E-state index < -0.39 is 11.3 Å². The largest absolute Gasteiger partial charge is 0.619 e. The molecule has 3 aliphatic rings. The Bertz CT molecular complexity index is 472.